The van der Waals surface area contributed by atoms with E-state index in [4.69, 9.17) is 4.42 Å². The van der Waals surface area contributed by atoms with Crippen LogP contribution in [0, 0.1) is 0 Å². The van der Waals surface area contributed by atoms with E-state index in [1.807, 2.05) is 24.3 Å². The van der Waals surface area contributed by atoms with Gasteiger partial charge in [-0.3, -0.25) is 9.59 Å². The molecule has 1 aromatic carbocycles. The highest BCUT2D eigenvalue weighted by molar-refractivity contribution is 5.99. The molecule has 2 N–H and O–H groups in total. The van der Waals surface area contributed by atoms with Crippen LogP contribution in [0.3, 0.4) is 0 Å². The lowest BCUT2D eigenvalue weighted by molar-refractivity contribution is 0.112. The average Bonchev–Trinajstić information content (AvgIpc) is 2.97. The van der Waals surface area contributed by atoms with Gasteiger partial charge < -0.3 is 14.7 Å². The second kappa shape index (κ2) is 5.05. The Labute approximate surface area is 114 Å². The number of anilines is 1. The molecule has 0 fully saturated rings. The number of benzene rings is 1. The summed E-state index contributed by atoms with van der Waals surface area (Å²) in [5, 5.41) is 3.90. The van der Waals surface area contributed by atoms with Gasteiger partial charge in [-0.1, -0.05) is 18.2 Å². The largest absolute Gasteiger partial charge is 0.467 e. The molecule has 0 bridgehead atoms. The Kier molecular flexibility index (Phi) is 3.09. The zero-order valence-electron chi connectivity index (χ0n) is 10.6. The second-order valence-electron chi connectivity index (χ2n) is 4.34. The number of nitrogens with one attached hydrogen (secondary N) is 2. The maximum Gasteiger partial charge on any atom is 0.261 e. The van der Waals surface area contributed by atoms with Gasteiger partial charge in [0, 0.05) is 5.39 Å². The number of H-pyrrole nitrogens is 1. The quantitative estimate of drug-likeness (QED) is 0.713. The Hall–Kier alpha value is -2.82. The molecule has 20 heavy (non-hydrogen) atoms. The number of para-hydroxylation sites is 1. The summed E-state index contributed by atoms with van der Waals surface area (Å²) in [6.45, 7) is 0.404. The van der Waals surface area contributed by atoms with E-state index in [9.17, 15) is 9.59 Å². The molecule has 3 rings (SSSR count). The summed E-state index contributed by atoms with van der Waals surface area (Å²) in [5.41, 5.74) is 0.900. The number of carbonyl (C=O) groups is 1. The van der Waals surface area contributed by atoms with Gasteiger partial charge in [0.2, 0.25) is 0 Å². The van der Waals surface area contributed by atoms with Crippen LogP contribution in [-0.2, 0) is 6.54 Å². The molecule has 100 valence electrons. The van der Waals surface area contributed by atoms with Crippen molar-refractivity contribution >= 4 is 22.9 Å². The monoisotopic (exact) mass is 268 g/mol. The normalized spacial score (nSPS) is 10.6. The van der Waals surface area contributed by atoms with Crippen LogP contribution in [-0.4, -0.2) is 11.3 Å². The zero-order valence-corrected chi connectivity index (χ0v) is 10.6. The summed E-state index contributed by atoms with van der Waals surface area (Å²) in [6, 6.07) is 10.9. The lowest BCUT2D eigenvalue weighted by Gasteiger charge is -2.10. The first kappa shape index (κ1) is 12.2. The summed E-state index contributed by atoms with van der Waals surface area (Å²) in [6.07, 6.45) is 2.14. The van der Waals surface area contributed by atoms with Gasteiger partial charge >= 0.3 is 0 Å². The number of fused-ring (bicyclic) bond motifs is 1. The van der Waals surface area contributed by atoms with Crippen LogP contribution in [0.4, 0.5) is 5.69 Å². The number of pyridine rings is 1. The van der Waals surface area contributed by atoms with E-state index in [0.717, 1.165) is 11.1 Å². The summed E-state index contributed by atoms with van der Waals surface area (Å²) in [5.74, 6) is 0.728. The lowest BCUT2D eigenvalue weighted by Crippen LogP contribution is -2.16. The maximum atomic E-state index is 11.9. The fraction of sp³-hybridized carbons (Fsp3) is 0.0667. The third-order valence-electron chi connectivity index (χ3n) is 3.10. The van der Waals surface area contributed by atoms with Crippen molar-refractivity contribution in [1.82, 2.24) is 4.98 Å². The molecule has 0 amide bonds. The van der Waals surface area contributed by atoms with Crippen molar-refractivity contribution in [2.45, 2.75) is 6.54 Å². The van der Waals surface area contributed by atoms with Crippen molar-refractivity contribution in [2.24, 2.45) is 0 Å². The van der Waals surface area contributed by atoms with Crippen LogP contribution >= 0.6 is 0 Å². The van der Waals surface area contributed by atoms with Crippen molar-refractivity contribution in [3.63, 3.8) is 0 Å². The first-order valence-electron chi connectivity index (χ1n) is 6.16. The number of rotatable bonds is 4. The Morgan fingerprint density at radius 1 is 1.20 bits per heavy atom. The minimum absolute atomic E-state index is 0.0928. The van der Waals surface area contributed by atoms with E-state index < -0.39 is 5.56 Å². The van der Waals surface area contributed by atoms with Crippen LogP contribution < -0.4 is 10.9 Å². The van der Waals surface area contributed by atoms with Crippen molar-refractivity contribution in [3.8, 4) is 0 Å². The molecule has 2 aromatic heterocycles. The van der Waals surface area contributed by atoms with Crippen LogP contribution in [0.1, 0.15) is 16.1 Å². The molecule has 0 radical (unpaired) electrons. The zero-order chi connectivity index (χ0) is 13.9. The average molecular weight is 268 g/mol. The van der Waals surface area contributed by atoms with Gasteiger partial charge in [0.15, 0.2) is 6.29 Å². The highest BCUT2D eigenvalue weighted by Gasteiger charge is 2.11. The minimum atomic E-state index is -0.402. The molecule has 0 unspecified atom stereocenters. The Morgan fingerprint density at radius 3 is 2.80 bits per heavy atom. The summed E-state index contributed by atoms with van der Waals surface area (Å²) in [4.78, 5) is 25.8. The molecule has 0 aliphatic rings. The van der Waals surface area contributed by atoms with Gasteiger partial charge in [-0.15, -0.1) is 0 Å². The van der Waals surface area contributed by atoms with Crippen molar-refractivity contribution in [3.05, 3.63) is 64.3 Å². The van der Waals surface area contributed by atoms with Crippen LogP contribution in [0.15, 0.2) is 51.9 Å². The van der Waals surface area contributed by atoms with Crippen molar-refractivity contribution in [2.75, 3.05) is 5.32 Å². The summed E-state index contributed by atoms with van der Waals surface area (Å²) >= 11 is 0. The SMILES string of the molecule is O=Cc1c(NCc2ccco2)c2ccccc2[nH]c1=O. The molecule has 0 aliphatic carbocycles. The lowest BCUT2D eigenvalue weighted by atomic mass is 10.1. The molecule has 2 heterocycles. The molecule has 0 saturated heterocycles. The molecule has 0 spiro atoms. The van der Waals surface area contributed by atoms with E-state index in [1.165, 1.54) is 0 Å². The van der Waals surface area contributed by atoms with E-state index in [2.05, 4.69) is 10.3 Å². The molecule has 3 aromatic rings. The fourth-order valence-corrected chi connectivity index (χ4v) is 2.15. The smallest absolute Gasteiger partial charge is 0.261 e. The maximum absolute atomic E-state index is 11.9. The molecular weight excluding hydrogens is 256 g/mol. The predicted octanol–water partition coefficient (Wildman–Crippen LogP) is 2.55. The molecule has 0 aliphatic heterocycles. The molecular formula is C15H12N2O3. The highest BCUT2D eigenvalue weighted by Crippen LogP contribution is 2.23. The first-order chi connectivity index (χ1) is 9.79. The van der Waals surface area contributed by atoms with Crippen LogP contribution in [0.25, 0.3) is 10.9 Å². The number of furan rings is 1. The van der Waals surface area contributed by atoms with Crippen molar-refractivity contribution < 1.29 is 9.21 Å². The molecule has 0 atom stereocenters. The molecule has 0 saturated carbocycles. The van der Waals surface area contributed by atoms with Crippen molar-refractivity contribution in [1.29, 1.82) is 0 Å². The predicted molar refractivity (Wildman–Crippen MR) is 76.0 cm³/mol. The summed E-state index contributed by atoms with van der Waals surface area (Å²) < 4.78 is 5.23. The highest BCUT2D eigenvalue weighted by atomic mass is 16.3. The first-order valence-corrected chi connectivity index (χ1v) is 6.16. The van der Waals surface area contributed by atoms with E-state index in [1.54, 1.807) is 18.4 Å². The Balaban J connectivity index is 2.11. The third-order valence-corrected chi connectivity index (χ3v) is 3.10. The summed E-state index contributed by atoms with van der Waals surface area (Å²) in [7, 11) is 0. The Morgan fingerprint density at radius 2 is 2.05 bits per heavy atom. The Bertz CT molecular complexity index is 804. The van der Waals surface area contributed by atoms with E-state index in [0.29, 0.717) is 24.0 Å². The van der Waals surface area contributed by atoms with Crippen LogP contribution in [0.5, 0.6) is 0 Å². The van der Waals surface area contributed by atoms with Gasteiger partial charge in [-0.05, 0) is 18.2 Å². The number of aromatic amines is 1. The minimum Gasteiger partial charge on any atom is -0.467 e. The van der Waals surface area contributed by atoms with Gasteiger partial charge in [0.25, 0.3) is 5.56 Å². The van der Waals surface area contributed by atoms with Crippen LogP contribution in [0.2, 0.25) is 0 Å². The van der Waals surface area contributed by atoms with Gasteiger partial charge in [0.1, 0.15) is 11.3 Å². The standard InChI is InChI=1S/C15H12N2O3/c18-9-12-14(16-8-10-4-3-7-20-10)11-5-1-2-6-13(11)17-15(12)19/h1-7,9H,8H2,(H2,16,17,19). The third kappa shape index (κ3) is 2.09. The number of hydrogen-bond donors (Lipinski definition) is 2. The van der Waals surface area contributed by atoms with Gasteiger partial charge in [-0.2, -0.15) is 0 Å². The number of aldehydes is 1. The van der Waals surface area contributed by atoms with Gasteiger partial charge in [-0.25, -0.2) is 0 Å². The molecule has 5 nitrogen and oxygen atoms in total. The van der Waals surface area contributed by atoms with E-state index in [-0.39, 0.29) is 5.56 Å². The number of carbonyl (C=O) groups excluding carboxylic acids is 1. The number of hydrogen-bond acceptors (Lipinski definition) is 4. The van der Waals surface area contributed by atoms with Gasteiger partial charge in [0.05, 0.1) is 24.0 Å². The van der Waals surface area contributed by atoms with E-state index >= 15 is 0 Å². The number of aromatic nitrogens is 1. The second-order valence-corrected chi connectivity index (χ2v) is 4.34. The fourth-order valence-electron chi connectivity index (χ4n) is 2.15. The topological polar surface area (TPSA) is 75.1 Å². The molecule has 5 heteroatoms.